The summed E-state index contributed by atoms with van der Waals surface area (Å²) in [6, 6.07) is 5.45. The largest absolute Gasteiger partial charge is 0.455 e. The van der Waals surface area contributed by atoms with Crippen LogP contribution in [-0.2, 0) is 10.5 Å². The lowest BCUT2D eigenvalue weighted by molar-refractivity contribution is 0.0834. The maximum absolute atomic E-state index is 12.1. The average molecular weight is 347 g/mol. The Balaban J connectivity index is 1.51. The highest BCUT2D eigenvalue weighted by Crippen LogP contribution is 2.21. The molecule has 1 saturated heterocycles. The summed E-state index contributed by atoms with van der Waals surface area (Å²) in [4.78, 5) is 20.8. The van der Waals surface area contributed by atoms with Crippen molar-refractivity contribution in [3.63, 3.8) is 0 Å². The third kappa shape index (κ3) is 4.58. The van der Waals surface area contributed by atoms with Gasteiger partial charge in [0.1, 0.15) is 5.76 Å². The van der Waals surface area contributed by atoms with Crippen molar-refractivity contribution in [3.05, 3.63) is 41.1 Å². The summed E-state index contributed by atoms with van der Waals surface area (Å²) in [5.74, 6) is 1.43. The Morgan fingerprint density at radius 3 is 2.83 bits per heavy atom. The Morgan fingerprint density at radius 2 is 2.12 bits per heavy atom. The number of rotatable bonds is 6. The second kappa shape index (κ2) is 7.81. The van der Waals surface area contributed by atoms with Crippen LogP contribution in [0.25, 0.3) is 0 Å². The molecule has 1 N–H and O–H groups in total. The van der Waals surface area contributed by atoms with E-state index in [1.54, 1.807) is 6.07 Å². The quantitative estimate of drug-likeness (QED) is 0.639. The van der Waals surface area contributed by atoms with E-state index in [1.807, 2.05) is 26.0 Å². The van der Waals surface area contributed by atoms with Gasteiger partial charge in [0.05, 0.1) is 11.9 Å². The highest BCUT2D eigenvalue weighted by atomic mass is 32.2. The maximum Gasteiger partial charge on any atom is 0.287 e. The molecule has 3 rings (SSSR count). The minimum absolute atomic E-state index is 0.126. The molecule has 1 amide bonds. The van der Waals surface area contributed by atoms with Crippen molar-refractivity contribution < 1.29 is 13.9 Å². The number of aromatic nitrogens is 2. The van der Waals surface area contributed by atoms with Crippen LogP contribution in [0.3, 0.4) is 0 Å². The van der Waals surface area contributed by atoms with Crippen LogP contribution < -0.4 is 5.32 Å². The van der Waals surface area contributed by atoms with E-state index < -0.39 is 0 Å². The molecule has 7 heteroatoms. The van der Waals surface area contributed by atoms with Crippen molar-refractivity contribution in [2.45, 2.75) is 43.7 Å². The molecule has 0 unspecified atom stereocenters. The van der Waals surface area contributed by atoms with E-state index in [-0.39, 0.29) is 12.0 Å². The monoisotopic (exact) mass is 347 g/mol. The van der Waals surface area contributed by atoms with Crippen LogP contribution in [0, 0.1) is 13.8 Å². The molecule has 24 heavy (non-hydrogen) atoms. The number of hydrogen-bond donors (Lipinski definition) is 1. The van der Waals surface area contributed by atoms with Gasteiger partial charge in [0.2, 0.25) is 0 Å². The maximum atomic E-state index is 12.1. The predicted octanol–water partition coefficient (Wildman–Crippen LogP) is 2.89. The van der Waals surface area contributed by atoms with Crippen LogP contribution in [0.4, 0.5) is 0 Å². The van der Waals surface area contributed by atoms with Gasteiger partial charge in [0.25, 0.3) is 5.91 Å². The van der Waals surface area contributed by atoms with E-state index in [0.29, 0.717) is 23.2 Å². The fourth-order valence-electron chi connectivity index (χ4n) is 2.57. The first-order valence-electron chi connectivity index (χ1n) is 8.04. The first-order valence-corrected chi connectivity index (χ1v) is 9.02. The van der Waals surface area contributed by atoms with Crippen LogP contribution in [0.2, 0.25) is 0 Å². The number of amides is 1. The fraction of sp³-hybridized carbons (Fsp3) is 0.471. The van der Waals surface area contributed by atoms with Gasteiger partial charge in [-0.2, -0.15) is 0 Å². The van der Waals surface area contributed by atoms with Crippen LogP contribution in [0.15, 0.2) is 27.8 Å². The zero-order valence-electron chi connectivity index (χ0n) is 13.9. The van der Waals surface area contributed by atoms with E-state index in [9.17, 15) is 4.79 Å². The number of ether oxygens (including phenoxy) is 1. The van der Waals surface area contributed by atoms with E-state index in [4.69, 9.17) is 9.15 Å². The first-order chi connectivity index (χ1) is 11.6. The van der Waals surface area contributed by atoms with Crippen molar-refractivity contribution in [2.75, 3.05) is 13.2 Å². The van der Waals surface area contributed by atoms with Crippen LogP contribution in [0.5, 0.6) is 0 Å². The molecule has 0 spiro atoms. The number of furan rings is 1. The molecule has 0 bridgehead atoms. The SMILES string of the molecule is Cc1cc(C)nc(SCc2ccc(C(=O)NC[C@H]3CCCO3)o2)n1. The Labute approximate surface area is 145 Å². The summed E-state index contributed by atoms with van der Waals surface area (Å²) in [5, 5.41) is 3.57. The van der Waals surface area contributed by atoms with E-state index >= 15 is 0 Å². The Hall–Kier alpha value is -1.86. The van der Waals surface area contributed by atoms with E-state index in [1.165, 1.54) is 11.8 Å². The second-order valence-corrected chi connectivity index (χ2v) is 6.78. The molecule has 0 aromatic carbocycles. The van der Waals surface area contributed by atoms with Crippen molar-refractivity contribution >= 4 is 17.7 Å². The number of nitrogens with zero attached hydrogens (tertiary/aromatic N) is 2. The van der Waals surface area contributed by atoms with Crippen LogP contribution in [0.1, 0.15) is 40.5 Å². The number of aryl methyl sites for hydroxylation is 2. The molecule has 0 radical (unpaired) electrons. The normalized spacial score (nSPS) is 17.2. The van der Waals surface area contributed by atoms with Gasteiger partial charge in [-0.15, -0.1) is 0 Å². The third-order valence-electron chi connectivity index (χ3n) is 3.71. The zero-order valence-corrected chi connectivity index (χ0v) is 14.7. The van der Waals surface area contributed by atoms with Gasteiger partial charge in [-0.05, 0) is 44.9 Å². The van der Waals surface area contributed by atoms with Crippen molar-refractivity contribution in [2.24, 2.45) is 0 Å². The lowest BCUT2D eigenvalue weighted by Crippen LogP contribution is -2.31. The lowest BCUT2D eigenvalue weighted by atomic mass is 10.2. The van der Waals surface area contributed by atoms with Crippen molar-refractivity contribution in [1.29, 1.82) is 0 Å². The summed E-state index contributed by atoms with van der Waals surface area (Å²) in [5.41, 5.74) is 1.89. The number of thioether (sulfide) groups is 1. The molecule has 0 aliphatic carbocycles. The fourth-order valence-corrected chi connectivity index (χ4v) is 3.41. The highest BCUT2D eigenvalue weighted by molar-refractivity contribution is 7.98. The number of carbonyl (C=O) groups excluding carboxylic acids is 1. The molecule has 1 aliphatic heterocycles. The number of hydrogen-bond acceptors (Lipinski definition) is 6. The molecule has 0 saturated carbocycles. The molecule has 1 atom stereocenters. The van der Waals surface area contributed by atoms with Gasteiger partial charge in [-0.25, -0.2) is 9.97 Å². The predicted molar refractivity (Wildman–Crippen MR) is 91.1 cm³/mol. The topological polar surface area (TPSA) is 77.2 Å². The molecular weight excluding hydrogens is 326 g/mol. The summed E-state index contributed by atoms with van der Waals surface area (Å²) in [6.45, 7) is 5.20. The number of carbonyl (C=O) groups is 1. The smallest absolute Gasteiger partial charge is 0.287 e. The Kier molecular flexibility index (Phi) is 5.52. The van der Waals surface area contributed by atoms with Gasteiger partial charge < -0.3 is 14.5 Å². The molecule has 3 heterocycles. The zero-order chi connectivity index (χ0) is 16.9. The first kappa shape index (κ1) is 17.0. The summed E-state index contributed by atoms with van der Waals surface area (Å²) < 4.78 is 11.1. The standard InChI is InChI=1S/C17H21N3O3S/c1-11-8-12(2)20-17(19-11)24-10-14-5-6-15(23-14)16(21)18-9-13-4-3-7-22-13/h5-6,8,13H,3-4,7,9-10H2,1-2H3,(H,18,21)/t13-/m1/s1. The van der Waals surface area contributed by atoms with Crippen molar-refractivity contribution in [1.82, 2.24) is 15.3 Å². The average Bonchev–Trinajstić information content (AvgIpc) is 3.21. The van der Waals surface area contributed by atoms with Crippen LogP contribution >= 0.6 is 11.8 Å². The molecule has 2 aromatic heterocycles. The molecule has 1 aliphatic rings. The molecule has 128 valence electrons. The second-order valence-electron chi connectivity index (χ2n) is 5.83. The van der Waals surface area contributed by atoms with Gasteiger partial charge >= 0.3 is 0 Å². The Bertz CT molecular complexity index is 691. The molecule has 1 fully saturated rings. The van der Waals surface area contributed by atoms with Gasteiger partial charge in [-0.1, -0.05) is 11.8 Å². The number of nitrogens with one attached hydrogen (secondary N) is 1. The molecule has 6 nitrogen and oxygen atoms in total. The molecular formula is C17H21N3O3S. The Morgan fingerprint density at radius 1 is 1.33 bits per heavy atom. The van der Waals surface area contributed by atoms with Gasteiger partial charge in [0, 0.05) is 24.5 Å². The van der Waals surface area contributed by atoms with Crippen LogP contribution in [-0.4, -0.2) is 35.1 Å². The van der Waals surface area contributed by atoms with E-state index in [0.717, 1.165) is 36.6 Å². The van der Waals surface area contributed by atoms with Gasteiger partial charge in [0.15, 0.2) is 10.9 Å². The van der Waals surface area contributed by atoms with Crippen molar-refractivity contribution in [3.8, 4) is 0 Å². The highest BCUT2D eigenvalue weighted by Gasteiger charge is 2.18. The summed E-state index contributed by atoms with van der Waals surface area (Å²) in [7, 11) is 0. The minimum Gasteiger partial charge on any atom is -0.455 e. The third-order valence-corrected chi connectivity index (χ3v) is 4.57. The minimum atomic E-state index is -0.204. The van der Waals surface area contributed by atoms with Gasteiger partial charge in [-0.3, -0.25) is 4.79 Å². The van der Waals surface area contributed by atoms with E-state index in [2.05, 4.69) is 15.3 Å². The summed E-state index contributed by atoms with van der Waals surface area (Å²) in [6.07, 6.45) is 2.18. The summed E-state index contributed by atoms with van der Waals surface area (Å²) >= 11 is 1.49. The molecule has 2 aromatic rings. The lowest BCUT2D eigenvalue weighted by Gasteiger charge is -2.09.